The van der Waals surface area contributed by atoms with Crippen LogP contribution in [0.15, 0.2) is 0 Å². The first-order chi connectivity index (χ1) is 7.65. The summed E-state index contributed by atoms with van der Waals surface area (Å²) in [6.07, 6.45) is 6.32. The number of nitrogens with one attached hydrogen (secondary N) is 1. The zero-order valence-electron chi connectivity index (χ0n) is 10.5. The van der Waals surface area contributed by atoms with Gasteiger partial charge in [-0.15, -0.1) is 0 Å². The fourth-order valence-electron chi connectivity index (χ4n) is 3.05. The predicted molar refractivity (Wildman–Crippen MR) is 65.2 cm³/mol. The molecule has 92 valence electrons. The Kier molecular flexibility index (Phi) is 3.85. The van der Waals surface area contributed by atoms with Gasteiger partial charge in [-0.3, -0.25) is 4.79 Å². The molecule has 0 aromatic heterocycles. The molecule has 2 aliphatic rings. The molecule has 1 N–H and O–H groups in total. The summed E-state index contributed by atoms with van der Waals surface area (Å²) in [6.45, 7) is 5.90. The average Bonchev–Trinajstić information content (AvgIpc) is 2.65. The number of carbonyl (C=O) groups is 1. The lowest BCUT2D eigenvalue weighted by atomic mass is 10.0. The Morgan fingerprint density at radius 1 is 1.12 bits per heavy atom. The lowest BCUT2D eigenvalue weighted by Crippen LogP contribution is -2.46. The number of rotatable bonds is 2. The Bertz CT molecular complexity index is 246. The van der Waals surface area contributed by atoms with Gasteiger partial charge in [-0.05, 0) is 38.0 Å². The maximum absolute atomic E-state index is 11.2. The third-order valence-electron chi connectivity index (χ3n) is 4.11. The van der Waals surface area contributed by atoms with Gasteiger partial charge in [0.25, 0.3) is 0 Å². The summed E-state index contributed by atoms with van der Waals surface area (Å²) in [5, 5.41) is 3.77. The van der Waals surface area contributed by atoms with Crippen LogP contribution in [-0.2, 0) is 4.79 Å². The maximum atomic E-state index is 11.2. The Hall–Kier alpha value is -0.570. The van der Waals surface area contributed by atoms with E-state index in [0.29, 0.717) is 6.04 Å². The second-order valence-electron chi connectivity index (χ2n) is 5.56. The fourth-order valence-corrected chi connectivity index (χ4v) is 3.05. The zero-order valence-corrected chi connectivity index (χ0v) is 10.5. The van der Waals surface area contributed by atoms with E-state index in [-0.39, 0.29) is 5.91 Å². The van der Waals surface area contributed by atoms with E-state index < -0.39 is 0 Å². The van der Waals surface area contributed by atoms with Crippen LogP contribution in [0.2, 0.25) is 0 Å². The third-order valence-corrected chi connectivity index (χ3v) is 4.11. The molecule has 3 heteroatoms. The molecule has 16 heavy (non-hydrogen) atoms. The quantitative estimate of drug-likeness (QED) is 0.775. The number of amides is 1. The molecule has 2 rings (SSSR count). The van der Waals surface area contributed by atoms with Gasteiger partial charge in [-0.25, -0.2) is 0 Å². The lowest BCUT2D eigenvalue weighted by Gasteiger charge is -2.33. The number of likely N-dealkylation sites (tertiary alicyclic amines) is 1. The maximum Gasteiger partial charge on any atom is 0.219 e. The summed E-state index contributed by atoms with van der Waals surface area (Å²) in [7, 11) is 0. The summed E-state index contributed by atoms with van der Waals surface area (Å²) in [5.74, 6) is 1.13. The summed E-state index contributed by atoms with van der Waals surface area (Å²) >= 11 is 0. The second-order valence-corrected chi connectivity index (χ2v) is 5.56. The highest BCUT2D eigenvalue weighted by Crippen LogP contribution is 2.26. The van der Waals surface area contributed by atoms with Gasteiger partial charge in [0.1, 0.15) is 0 Å². The highest BCUT2D eigenvalue weighted by atomic mass is 16.2. The molecule has 2 atom stereocenters. The zero-order chi connectivity index (χ0) is 11.5. The molecule has 3 nitrogen and oxygen atoms in total. The molecule has 1 heterocycles. The minimum atomic E-state index is 0.230. The SMILES string of the molecule is CC(=O)N1CCC(NC2CCC(C)C2)CC1. The highest BCUT2D eigenvalue weighted by molar-refractivity contribution is 5.73. The molecule has 1 saturated heterocycles. The van der Waals surface area contributed by atoms with E-state index in [1.165, 1.54) is 19.3 Å². The predicted octanol–water partition coefficient (Wildman–Crippen LogP) is 1.78. The van der Waals surface area contributed by atoms with Gasteiger partial charge in [0.05, 0.1) is 0 Å². The van der Waals surface area contributed by atoms with Gasteiger partial charge in [0.15, 0.2) is 0 Å². The molecule has 0 aromatic carbocycles. The van der Waals surface area contributed by atoms with Crippen LogP contribution in [0.25, 0.3) is 0 Å². The molecule has 1 aliphatic carbocycles. The molecule has 1 aliphatic heterocycles. The van der Waals surface area contributed by atoms with E-state index in [0.717, 1.165) is 37.9 Å². The smallest absolute Gasteiger partial charge is 0.219 e. The topological polar surface area (TPSA) is 32.3 Å². The van der Waals surface area contributed by atoms with Gasteiger partial charge in [0, 0.05) is 32.1 Å². The van der Waals surface area contributed by atoms with E-state index in [4.69, 9.17) is 0 Å². The summed E-state index contributed by atoms with van der Waals surface area (Å²) in [6, 6.07) is 1.38. The molecule has 1 amide bonds. The second kappa shape index (κ2) is 5.17. The minimum absolute atomic E-state index is 0.230. The average molecular weight is 224 g/mol. The lowest BCUT2D eigenvalue weighted by molar-refractivity contribution is -0.129. The fraction of sp³-hybridized carbons (Fsp3) is 0.923. The Morgan fingerprint density at radius 2 is 1.81 bits per heavy atom. The van der Waals surface area contributed by atoms with Crippen LogP contribution in [0.5, 0.6) is 0 Å². The van der Waals surface area contributed by atoms with Crippen LogP contribution < -0.4 is 5.32 Å². The molecular weight excluding hydrogens is 200 g/mol. The van der Waals surface area contributed by atoms with Crippen LogP contribution >= 0.6 is 0 Å². The molecule has 0 aromatic rings. The van der Waals surface area contributed by atoms with Crippen LogP contribution in [0.1, 0.15) is 46.0 Å². The van der Waals surface area contributed by atoms with Crippen molar-refractivity contribution in [3.8, 4) is 0 Å². The molecule has 1 saturated carbocycles. The normalized spacial score (nSPS) is 32.0. The van der Waals surface area contributed by atoms with Crippen LogP contribution in [0.3, 0.4) is 0 Å². The first kappa shape index (κ1) is 11.9. The summed E-state index contributed by atoms with van der Waals surface area (Å²) in [5.41, 5.74) is 0. The van der Waals surface area contributed by atoms with E-state index in [1.807, 2.05) is 4.90 Å². The minimum Gasteiger partial charge on any atom is -0.343 e. The van der Waals surface area contributed by atoms with Crippen molar-refractivity contribution in [1.82, 2.24) is 10.2 Å². The number of piperidine rings is 1. The van der Waals surface area contributed by atoms with Crippen molar-refractivity contribution in [2.24, 2.45) is 5.92 Å². The van der Waals surface area contributed by atoms with Crippen LogP contribution in [-0.4, -0.2) is 36.0 Å². The van der Waals surface area contributed by atoms with Crippen molar-refractivity contribution < 1.29 is 4.79 Å². The van der Waals surface area contributed by atoms with Crippen molar-refractivity contribution in [3.05, 3.63) is 0 Å². The van der Waals surface area contributed by atoms with Gasteiger partial charge < -0.3 is 10.2 Å². The first-order valence-corrected chi connectivity index (χ1v) is 6.66. The van der Waals surface area contributed by atoms with Gasteiger partial charge in [-0.2, -0.15) is 0 Å². The number of hydrogen-bond donors (Lipinski definition) is 1. The summed E-state index contributed by atoms with van der Waals surface area (Å²) in [4.78, 5) is 13.2. The number of carbonyl (C=O) groups excluding carboxylic acids is 1. The molecule has 2 fully saturated rings. The van der Waals surface area contributed by atoms with Crippen molar-refractivity contribution in [1.29, 1.82) is 0 Å². The number of nitrogens with zero attached hydrogens (tertiary/aromatic N) is 1. The number of hydrogen-bond acceptors (Lipinski definition) is 2. The van der Waals surface area contributed by atoms with Gasteiger partial charge in [0.2, 0.25) is 5.91 Å². The molecule has 0 bridgehead atoms. The van der Waals surface area contributed by atoms with E-state index >= 15 is 0 Å². The Balaban J connectivity index is 1.71. The first-order valence-electron chi connectivity index (χ1n) is 6.66. The molecule has 0 spiro atoms. The van der Waals surface area contributed by atoms with Crippen molar-refractivity contribution in [2.75, 3.05) is 13.1 Å². The van der Waals surface area contributed by atoms with Crippen molar-refractivity contribution in [3.63, 3.8) is 0 Å². The van der Waals surface area contributed by atoms with Crippen LogP contribution in [0, 0.1) is 5.92 Å². The Labute approximate surface area is 98.6 Å². The van der Waals surface area contributed by atoms with Gasteiger partial charge in [-0.1, -0.05) is 6.92 Å². The van der Waals surface area contributed by atoms with Crippen molar-refractivity contribution in [2.45, 2.75) is 58.0 Å². The third kappa shape index (κ3) is 2.97. The van der Waals surface area contributed by atoms with E-state index in [9.17, 15) is 4.79 Å². The Morgan fingerprint density at radius 3 is 2.31 bits per heavy atom. The standard InChI is InChI=1S/C13H24N2O/c1-10-3-4-13(9-10)14-12-5-7-15(8-6-12)11(2)16/h10,12-14H,3-9H2,1-2H3. The summed E-state index contributed by atoms with van der Waals surface area (Å²) < 4.78 is 0. The van der Waals surface area contributed by atoms with Crippen LogP contribution in [0.4, 0.5) is 0 Å². The molecule has 2 unspecified atom stereocenters. The monoisotopic (exact) mass is 224 g/mol. The van der Waals surface area contributed by atoms with Crippen molar-refractivity contribution >= 4 is 5.91 Å². The largest absolute Gasteiger partial charge is 0.343 e. The molecule has 0 radical (unpaired) electrons. The van der Waals surface area contributed by atoms with Gasteiger partial charge >= 0.3 is 0 Å². The van der Waals surface area contributed by atoms with E-state index in [1.54, 1.807) is 6.92 Å². The van der Waals surface area contributed by atoms with E-state index in [2.05, 4.69) is 12.2 Å². The highest BCUT2D eigenvalue weighted by Gasteiger charge is 2.26. The molecular formula is C13H24N2O.